The minimum absolute atomic E-state index is 0.349. The zero-order valence-electron chi connectivity index (χ0n) is 10.8. The summed E-state index contributed by atoms with van der Waals surface area (Å²) in [4.78, 5) is 0.349. The van der Waals surface area contributed by atoms with Gasteiger partial charge in [0, 0.05) is 10.4 Å². The zero-order chi connectivity index (χ0) is 12.3. The van der Waals surface area contributed by atoms with E-state index in [0.29, 0.717) is 16.7 Å². The number of halogens is 1. The van der Waals surface area contributed by atoms with E-state index in [1.54, 1.807) is 7.11 Å². The second kappa shape index (κ2) is 5.72. The molecule has 0 fully saturated rings. The third kappa shape index (κ3) is 3.00. The van der Waals surface area contributed by atoms with Gasteiger partial charge < -0.3 is 4.74 Å². The first-order valence-corrected chi connectivity index (χ1v) is 6.67. The van der Waals surface area contributed by atoms with E-state index in [0.717, 1.165) is 5.75 Å². The van der Waals surface area contributed by atoms with Crippen LogP contribution >= 0.6 is 15.9 Å². The molecule has 0 bridgehead atoms. The fourth-order valence-electron chi connectivity index (χ4n) is 1.69. The van der Waals surface area contributed by atoms with Gasteiger partial charge in [0.2, 0.25) is 0 Å². The molecule has 0 heterocycles. The molecular formula is C14H21BrO. The molecule has 16 heavy (non-hydrogen) atoms. The molecule has 0 saturated heterocycles. The Morgan fingerprint density at radius 2 is 1.81 bits per heavy atom. The molecule has 0 spiro atoms. The van der Waals surface area contributed by atoms with Gasteiger partial charge in [-0.3, -0.25) is 0 Å². The first-order valence-electron chi connectivity index (χ1n) is 5.76. The van der Waals surface area contributed by atoms with Crippen LogP contribution in [0.3, 0.4) is 0 Å². The number of ether oxygens (including phenoxy) is 1. The van der Waals surface area contributed by atoms with Gasteiger partial charge in [-0.25, -0.2) is 0 Å². The Kier molecular flexibility index (Phi) is 4.85. The van der Waals surface area contributed by atoms with E-state index < -0.39 is 0 Å². The van der Waals surface area contributed by atoms with Crippen molar-refractivity contribution in [1.82, 2.24) is 0 Å². The molecule has 0 radical (unpaired) electrons. The first kappa shape index (κ1) is 13.6. The third-order valence-electron chi connectivity index (χ3n) is 3.20. The lowest BCUT2D eigenvalue weighted by atomic mass is 9.90. The molecule has 0 amide bonds. The summed E-state index contributed by atoms with van der Waals surface area (Å²) in [6.45, 7) is 8.89. The lowest BCUT2D eigenvalue weighted by Crippen LogP contribution is -2.11. The van der Waals surface area contributed by atoms with Crippen molar-refractivity contribution in [2.24, 2.45) is 11.8 Å². The monoisotopic (exact) mass is 284 g/mol. The summed E-state index contributed by atoms with van der Waals surface area (Å²) in [5.41, 5.74) is 2.53. The number of hydrogen-bond acceptors (Lipinski definition) is 1. The molecule has 0 aromatic heterocycles. The van der Waals surface area contributed by atoms with Crippen LogP contribution in [0.5, 0.6) is 5.75 Å². The predicted octanol–water partition coefficient (Wildman–Crippen LogP) is 4.73. The molecule has 1 aromatic carbocycles. The quantitative estimate of drug-likeness (QED) is 0.726. The number of alkyl halides is 1. The summed E-state index contributed by atoms with van der Waals surface area (Å²) in [5, 5.41) is 0. The third-order valence-corrected chi connectivity index (χ3v) is 4.52. The normalized spacial score (nSPS) is 14.9. The van der Waals surface area contributed by atoms with Crippen LogP contribution in [0.4, 0.5) is 0 Å². The van der Waals surface area contributed by atoms with Crippen LogP contribution in [0.25, 0.3) is 0 Å². The summed E-state index contributed by atoms with van der Waals surface area (Å²) >= 11 is 3.80. The standard InChI is InChI=1S/C14H21BrO/c1-9(2)11(4)14(15)12-8-10(3)6-7-13(12)16-5/h6-9,11,14H,1-5H3. The molecule has 1 rings (SSSR count). The van der Waals surface area contributed by atoms with Crippen molar-refractivity contribution in [2.45, 2.75) is 32.5 Å². The van der Waals surface area contributed by atoms with E-state index in [9.17, 15) is 0 Å². The summed E-state index contributed by atoms with van der Waals surface area (Å²) in [7, 11) is 1.73. The van der Waals surface area contributed by atoms with Gasteiger partial charge in [-0.1, -0.05) is 54.4 Å². The molecule has 0 aliphatic carbocycles. The Hall–Kier alpha value is -0.500. The van der Waals surface area contributed by atoms with Crippen LogP contribution < -0.4 is 4.74 Å². The molecule has 1 aromatic rings. The van der Waals surface area contributed by atoms with E-state index in [2.05, 4.69) is 55.8 Å². The van der Waals surface area contributed by atoms with E-state index in [1.807, 2.05) is 6.07 Å². The van der Waals surface area contributed by atoms with Crippen molar-refractivity contribution >= 4 is 15.9 Å². The van der Waals surface area contributed by atoms with Crippen LogP contribution in [0.2, 0.25) is 0 Å². The second-order valence-electron chi connectivity index (χ2n) is 4.75. The first-order chi connectivity index (χ1) is 7.47. The Labute approximate surface area is 107 Å². The molecule has 0 aliphatic rings. The van der Waals surface area contributed by atoms with Gasteiger partial charge >= 0.3 is 0 Å². The number of rotatable bonds is 4. The van der Waals surface area contributed by atoms with Crippen molar-refractivity contribution in [1.29, 1.82) is 0 Å². The van der Waals surface area contributed by atoms with Gasteiger partial charge in [0.15, 0.2) is 0 Å². The largest absolute Gasteiger partial charge is 0.496 e. The van der Waals surface area contributed by atoms with Crippen LogP contribution in [-0.2, 0) is 0 Å². The highest BCUT2D eigenvalue weighted by atomic mass is 79.9. The van der Waals surface area contributed by atoms with E-state index in [1.165, 1.54) is 11.1 Å². The van der Waals surface area contributed by atoms with Crippen molar-refractivity contribution in [3.8, 4) is 5.75 Å². The van der Waals surface area contributed by atoms with E-state index in [4.69, 9.17) is 4.74 Å². The number of benzene rings is 1. The van der Waals surface area contributed by atoms with Gasteiger partial charge in [0.25, 0.3) is 0 Å². The van der Waals surface area contributed by atoms with Gasteiger partial charge in [-0.15, -0.1) is 0 Å². The Bertz CT molecular complexity index is 347. The summed E-state index contributed by atoms with van der Waals surface area (Å²) in [5.74, 6) is 2.20. The van der Waals surface area contributed by atoms with Gasteiger partial charge in [0.05, 0.1) is 7.11 Å². The predicted molar refractivity (Wildman–Crippen MR) is 73.4 cm³/mol. The fraction of sp³-hybridized carbons (Fsp3) is 0.571. The maximum atomic E-state index is 5.42. The van der Waals surface area contributed by atoms with Crippen molar-refractivity contribution in [3.05, 3.63) is 29.3 Å². The Balaban J connectivity index is 3.05. The second-order valence-corrected chi connectivity index (χ2v) is 5.74. The molecule has 0 N–H and O–H groups in total. The van der Waals surface area contributed by atoms with Crippen molar-refractivity contribution in [2.75, 3.05) is 7.11 Å². The average molecular weight is 285 g/mol. The number of hydrogen-bond donors (Lipinski definition) is 0. The van der Waals surface area contributed by atoms with Gasteiger partial charge in [0.1, 0.15) is 5.75 Å². The average Bonchev–Trinajstić information content (AvgIpc) is 2.26. The summed E-state index contributed by atoms with van der Waals surface area (Å²) in [6, 6.07) is 6.34. The van der Waals surface area contributed by atoms with Crippen LogP contribution in [0.15, 0.2) is 18.2 Å². The molecule has 90 valence electrons. The van der Waals surface area contributed by atoms with Crippen molar-refractivity contribution < 1.29 is 4.74 Å². The smallest absolute Gasteiger partial charge is 0.123 e. The Morgan fingerprint density at radius 1 is 1.19 bits per heavy atom. The Morgan fingerprint density at radius 3 is 2.31 bits per heavy atom. The molecular weight excluding hydrogens is 264 g/mol. The maximum Gasteiger partial charge on any atom is 0.123 e. The molecule has 2 heteroatoms. The molecule has 2 atom stereocenters. The van der Waals surface area contributed by atoms with Gasteiger partial charge in [-0.2, -0.15) is 0 Å². The highest BCUT2D eigenvalue weighted by Gasteiger charge is 2.22. The van der Waals surface area contributed by atoms with Crippen LogP contribution in [0.1, 0.15) is 36.7 Å². The topological polar surface area (TPSA) is 9.23 Å². The summed E-state index contributed by atoms with van der Waals surface area (Å²) < 4.78 is 5.42. The minimum Gasteiger partial charge on any atom is -0.496 e. The molecule has 0 aliphatic heterocycles. The van der Waals surface area contributed by atoms with Crippen LogP contribution in [-0.4, -0.2) is 7.11 Å². The number of aryl methyl sites for hydroxylation is 1. The molecule has 2 unspecified atom stereocenters. The fourth-order valence-corrected chi connectivity index (χ4v) is 2.66. The van der Waals surface area contributed by atoms with E-state index >= 15 is 0 Å². The molecule has 1 nitrogen and oxygen atoms in total. The lowest BCUT2D eigenvalue weighted by molar-refractivity contribution is 0.385. The SMILES string of the molecule is COc1ccc(C)cc1C(Br)C(C)C(C)C. The summed E-state index contributed by atoms with van der Waals surface area (Å²) in [6.07, 6.45) is 0. The lowest BCUT2D eigenvalue weighted by Gasteiger charge is -2.24. The van der Waals surface area contributed by atoms with Gasteiger partial charge in [-0.05, 0) is 24.8 Å². The highest BCUT2D eigenvalue weighted by molar-refractivity contribution is 9.09. The zero-order valence-corrected chi connectivity index (χ0v) is 12.3. The van der Waals surface area contributed by atoms with Crippen molar-refractivity contribution in [3.63, 3.8) is 0 Å². The minimum atomic E-state index is 0.349. The maximum absolute atomic E-state index is 5.42. The number of methoxy groups -OCH3 is 1. The highest BCUT2D eigenvalue weighted by Crippen LogP contribution is 2.40. The van der Waals surface area contributed by atoms with Crippen LogP contribution in [0, 0.1) is 18.8 Å². The van der Waals surface area contributed by atoms with E-state index in [-0.39, 0.29) is 0 Å². The molecule has 0 saturated carbocycles.